The Bertz CT molecular complexity index is 3030. The second-order valence-electron chi connectivity index (χ2n) is 24.0. The standard InChI is InChI=1S/C31H35F3N4O8.C20H41NO5.C19H25N3O3/c1-21-26(17-25(19-35-21)37-29(41)22-3-2-4-24(15-22)31(32,33)34)23-16-27(38-5-7-42-8-6-38)30(36-18-23)46-14-13-44-10-9-43-11-12-45-20-28(39)40;1-18(2)9-7-5-6-8-10-21-20(22)17-25-14-13-23-11-12-24-15-16-26-19(3)4;20-11-4-2-1-3-6-13-7-5-8-14-15(13)12-22(19(14)25)16-9-10-17(23)21-18(16)24/h2-4,15-19H,5-14,20H2,1H3,(H,37,41)(H,39,40);18-19H,5-17H2,1-4H3,(H,21,22);5,7-8,16H,1-4,6,9-12,20H2,(H,21,23,24). The maximum atomic E-state index is 13.1. The third kappa shape index (κ3) is 31.0. The minimum Gasteiger partial charge on any atom is -0.480 e. The molecule has 2 saturated heterocycles. The molecule has 0 spiro atoms. The number of fused-ring (bicyclic) bond motifs is 1. The normalized spacial score (nSPS) is 14.6. The molecule has 5 heterocycles. The van der Waals surface area contributed by atoms with Gasteiger partial charge in [0, 0.05) is 66.7 Å². The van der Waals surface area contributed by atoms with E-state index in [4.69, 9.17) is 53.5 Å². The smallest absolute Gasteiger partial charge is 0.416 e. The Balaban J connectivity index is 0.000000284. The van der Waals surface area contributed by atoms with Gasteiger partial charge in [0.15, 0.2) is 0 Å². The minimum absolute atomic E-state index is 0.0549. The molecule has 2 fully saturated rings. The lowest BCUT2D eigenvalue weighted by molar-refractivity contribution is -0.143. The van der Waals surface area contributed by atoms with E-state index >= 15 is 0 Å². The number of carboxylic acid groups (broad SMARTS) is 1. The number of benzene rings is 2. The molecule has 3 aliphatic rings. The molecule has 1 atom stereocenters. The van der Waals surface area contributed by atoms with Crippen molar-refractivity contribution in [2.45, 2.75) is 137 Å². The van der Waals surface area contributed by atoms with E-state index in [1.54, 1.807) is 24.1 Å². The van der Waals surface area contributed by atoms with Crippen LogP contribution in [-0.4, -0.2) is 200 Å². The number of morpholine rings is 1. The van der Waals surface area contributed by atoms with Gasteiger partial charge >= 0.3 is 12.1 Å². The summed E-state index contributed by atoms with van der Waals surface area (Å²) in [6, 6.07) is 13.1. The number of carboxylic acids is 1. The number of hydrogen-bond acceptors (Lipinski definition) is 19. The highest BCUT2D eigenvalue weighted by molar-refractivity contribution is 6.06. The van der Waals surface area contributed by atoms with Crippen molar-refractivity contribution >= 4 is 46.9 Å². The number of nitrogens with zero attached hydrogens (tertiary/aromatic N) is 4. The van der Waals surface area contributed by atoms with Gasteiger partial charge in [-0.3, -0.25) is 34.3 Å². The average Bonchev–Trinajstić information content (AvgIpc) is 1.57. The average molecular weight is 1370 g/mol. The van der Waals surface area contributed by atoms with Crippen LogP contribution in [0.15, 0.2) is 67.0 Å². The van der Waals surface area contributed by atoms with Gasteiger partial charge in [-0.25, -0.2) is 9.78 Å². The highest BCUT2D eigenvalue weighted by Crippen LogP contribution is 2.35. The molecule has 0 radical (unpaired) electrons. The van der Waals surface area contributed by atoms with E-state index in [0.29, 0.717) is 126 Å². The predicted octanol–water partition coefficient (Wildman–Crippen LogP) is 8.77. The van der Waals surface area contributed by atoms with Crippen molar-refractivity contribution in [3.8, 4) is 17.0 Å². The van der Waals surface area contributed by atoms with Gasteiger partial charge in [0.25, 0.3) is 11.8 Å². The second-order valence-corrected chi connectivity index (χ2v) is 24.0. The summed E-state index contributed by atoms with van der Waals surface area (Å²) in [5.41, 5.74) is 10.5. The number of piperidine rings is 1. The number of amides is 5. The van der Waals surface area contributed by atoms with Crippen molar-refractivity contribution < 1.29 is 89.7 Å². The van der Waals surface area contributed by atoms with E-state index < -0.39 is 29.7 Å². The summed E-state index contributed by atoms with van der Waals surface area (Å²) in [5.74, 6) is -1.32. The van der Waals surface area contributed by atoms with Crippen molar-refractivity contribution in [2.75, 3.05) is 142 Å². The van der Waals surface area contributed by atoms with Gasteiger partial charge < -0.3 is 73.9 Å². The Morgan fingerprint density at radius 1 is 0.742 bits per heavy atom. The van der Waals surface area contributed by atoms with E-state index in [9.17, 15) is 41.9 Å². The Morgan fingerprint density at radius 3 is 2.04 bits per heavy atom. The first-order valence-electron chi connectivity index (χ1n) is 33.7. The number of ether oxygens (including phenoxy) is 9. The number of imide groups is 1. The quantitative estimate of drug-likeness (QED) is 0.0204. The number of aromatic nitrogens is 2. The molecule has 3 aliphatic heterocycles. The summed E-state index contributed by atoms with van der Waals surface area (Å²) in [6.45, 7) is 19.0. The first-order chi connectivity index (χ1) is 46.7. The lowest BCUT2D eigenvalue weighted by Gasteiger charge is -2.30. The molecule has 5 amide bonds. The fourth-order valence-electron chi connectivity index (χ4n) is 10.4. The van der Waals surface area contributed by atoms with Gasteiger partial charge in [0.05, 0.1) is 109 Å². The molecule has 538 valence electrons. The van der Waals surface area contributed by atoms with E-state index in [2.05, 4.69) is 50.7 Å². The first kappa shape index (κ1) is 80.5. The van der Waals surface area contributed by atoms with Crippen LogP contribution in [0.2, 0.25) is 0 Å². The molecule has 0 saturated carbocycles. The topological polar surface area (TPSA) is 300 Å². The van der Waals surface area contributed by atoms with E-state index in [1.165, 1.54) is 49.6 Å². The van der Waals surface area contributed by atoms with Crippen LogP contribution in [0.3, 0.4) is 0 Å². The zero-order valence-electron chi connectivity index (χ0n) is 57.0. The molecule has 24 nitrogen and oxygen atoms in total. The predicted molar refractivity (Wildman–Crippen MR) is 358 cm³/mol. The zero-order chi connectivity index (χ0) is 70.2. The van der Waals surface area contributed by atoms with Gasteiger partial charge in [-0.15, -0.1) is 0 Å². The third-order valence-electron chi connectivity index (χ3n) is 15.5. The molecule has 1 unspecified atom stereocenters. The first-order valence-corrected chi connectivity index (χ1v) is 33.7. The lowest BCUT2D eigenvalue weighted by atomic mass is 9.98. The molecule has 27 heteroatoms. The van der Waals surface area contributed by atoms with Gasteiger partial charge in [0.2, 0.25) is 23.6 Å². The van der Waals surface area contributed by atoms with Gasteiger partial charge in [-0.2, -0.15) is 13.2 Å². The fourth-order valence-corrected chi connectivity index (χ4v) is 10.4. The number of hydrogen-bond donors (Lipinski definition) is 5. The number of carbonyl (C=O) groups excluding carboxylic acids is 5. The van der Waals surface area contributed by atoms with Crippen molar-refractivity contribution in [3.63, 3.8) is 0 Å². The number of alkyl halides is 3. The summed E-state index contributed by atoms with van der Waals surface area (Å²) in [5, 5.41) is 16.4. The minimum atomic E-state index is -4.57. The number of unbranched alkanes of at least 4 members (excludes halogenated alkanes) is 6. The SMILES string of the molecule is CC(C)CCCCCCNC(=O)COCCOCCOCCOC(C)C.Cc1ncc(NC(=O)c2cccc(C(F)(F)F)c2)cc1-c1cnc(OCCOCCOCCOCC(=O)O)c(N2CCOCC2)c1.NCCCCCCc1cccc2c1CN(C1CCC(=O)NC1=O)C2=O. The molecular formula is C70H101F3N8O16. The maximum absolute atomic E-state index is 13.1. The molecular weight excluding hydrogens is 1270 g/mol. The van der Waals surface area contributed by atoms with Crippen LogP contribution in [0, 0.1) is 12.8 Å². The summed E-state index contributed by atoms with van der Waals surface area (Å²) < 4.78 is 88.0. The molecule has 6 N–H and O–H groups in total. The number of nitrogens with two attached hydrogens (primary N) is 1. The van der Waals surface area contributed by atoms with Crippen LogP contribution >= 0.6 is 0 Å². The lowest BCUT2D eigenvalue weighted by Crippen LogP contribution is -2.52. The Hall–Kier alpha value is -7.21. The molecule has 0 aliphatic carbocycles. The third-order valence-corrected chi connectivity index (χ3v) is 15.5. The number of aliphatic carboxylic acids is 1. The van der Waals surface area contributed by atoms with E-state index in [-0.39, 0.29) is 81.4 Å². The Labute approximate surface area is 567 Å². The number of pyridine rings is 2. The van der Waals surface area contributed by atoms with Crippen LogP contribution in [0.1, 0.15) is 141 Å². The van der Waals surface area contributed by atoms with Gasteiger partial charge in [0.1, 0.15) is 31.5 Å². The largest absolute Gasteiger partial charge is 0.480 e. The Morgan fingerprint density at radius 2 is 1.38 bits per heavy atom. The van der Waals surface area contributed by atoms with Crippen molar-refractivity contribution in [2.24, 2.45) is 11.7 Å². The summed E-state index contributed by atoms with van der Waals surface area (Å²) in [4.78, 5) is 83.7. The van der Waals surface area contributed by atoms with Gasteiger partial charge in [-0.1, -0.05) is 70.6 Å². The monoisotopic (exact) mass is 1370 g/mol. The van der Waals surface area contributed by atoms with Crippen molar-refractivity contribution in [1.29, 1.82) is 0 Å². The summed E-state index contributed by atoms with van der Waals surface area (Å²) in [7, 11) is 0. The van der Waals surface area contributed by atoms with Crippen molar-refractivity contribution in [1.82, 2.24) is 25.5 Å². The van der Waals surface area contributed by atoms with E-state index in [0.717, 1.165) is 80.9 Å². The van der Waals surface area contributed by atoms with Crippen LogP contribution in [0.5, 0.6) is 5.88 Å². The van der Waals surface area contributed by atoms with E-state index in [1.807, 2.05) is 32.0 Å². The van der Waals surface area contributed by atoms with Crippen LogP contribution in [-0.2, 0) is 76.2 Å². The molecule has 7 rings (SSSR count). The number of aryl methyl sites for hydroxylation is 2. The van der Waals surface area contributed by atoms with Crippen molar-refractivity contribution in [3.05, 3.63) is 101 Å². The Kier molecular flexibility index (Phi) is 37.7. The molecule has 2 aromatic heterocycles. The highest BCUT2D eigenvalue weighted by atomic mass is 19.4. The molecule has 4 aromatic rings. The summed E-state index contributed by atoms with van der Waals surface area (Å²) >= 11 is 0. The zero-order valence-corrected chi connectivity index (χ0v) is 57.0. The number of nitrogens with one attached hydrogen (secondary N) is 3. The van der Waals surface area contributed by atoms with Crippen LogP contribution in [0.4, 0.5) is 24.5 Å². The highest BCUT2D eigenvalue weighted by Gasteiger charge is 2.40. The number of rotatable bonds is 42. The molecule has 2 aromatic carbocycles. The summed E-state index contributed by atoms with van der Waals surface area (Å²) in [6.07, 6.45) is 10.8. The van der Waals surface area contributed by atoms with Gasteiger partial charge in [-0.05, 0) is 113 Å². The molecule has 97 heavy (non-hydrogen) atoms. The van der Waals surface area contributed by atoms with Crippen LogP contribution < -0.4 is 31.3 Å². The molecule has 0 bridgehead atoms. The fraction of sp³-hybridized carbons (Fsp3) is 0.600. The number of halogens is 3. The number of carbonyl (C=O) groups is 6. The van der Waals surface area contributed by atoms with Crippen LogP contribution in [0.25, 0.3) is 11.1 Å². The number of anilines is 2. The second kappa shape index (κ2) is 45.4. The maximum Gasteiger partial charge on any atom is 0.416 e.